The zero-order valence-electron chi connectivity index (χ0n) is 11.9. The van der Waals surface area contributed by atoms with E-state index in [1.165, 1.54) is 17.3 Å². The SMILES string of the molecule is Br.CCSC(N)=NCC(=O)C1(c2ccc(C)cc2)CC1. The molecule has 0 atom stereocenters. The van der Waals surface area contributed by atoms with Crippen molar-refractivity contribution in [3.05, 3.63) is 35.4 Å². The standard InChI is InChI=1S/C15H20N2OS.BrH/c1-3-19-14(16)17-10-13(18)15(8-9-15)12-6-4-11(2)5-7-12;/h4-7H,3,8-10H2,1-2H3,(H2,16,17);1H. The number of halogens is 1. The smallest absolute Gasteiger partial charge is 0.164 e. The van der Waals surface area contributed by atoms with Gasteiger partial charge in [0.25, 0.3) is 0 Å². The number of carbonyl (C=O) groups excluding carboxylic acids is 1. The Morgan fingerprint density at radius 1 is 1.35 bits per heavy atom. The number of carbonyl (C=O) groups is 1. The van der Waals surface area contributed by atoms with Crippen molar-refractivity contribution in [2.45, 2.75) is 32.1 Å². The molecule has 110 valence electrons. The molecule has 3 nitrogen and oxygen atoms in total. The summed E-state index contributed by atoms with van der Waals surface area (Å²) < 4.78 is 0. The number of hydrogen-bond acceptors (Lipinski definition) is 3. The van der Waals surface area contributed by atoms with Gasteiger partial charge in [0, 0.05) is 0 Å². The second-order valence-corrected chi connectivity index (χ2v) is 6.24. The van der Waals surface area contributed by atoms with E-state index in [2.05, 4.69) is 36.2 Å². The number of benzene rings is 1. The minimum absolute atomic E-state index is 0. The van der Waals surface area contributed by atoms with Crippen molar-refractivity contribution in [1.82, 2.24) is 0 Å². The maximum atomic E-state index is 12.3. The average Bonchev–Trinajstić information content (AvgIpc) is 3.19. The second-order valence-electron chi connectivity index (χ2n) is 4.96. The Hall–Kier alpha value is -0.810. The molecule has 0 amide bonds. The molecule has 0 radical (unpaired) electrons. The summed E-state index contributed by atoms with van der Waals surface area (Å²) in [5, 5.41) is 0.510. The molecule has 2 rings (SSSR count). The van der Waals surface area contributed by atoms with Crippen molar-refractivity contribution >= 4 is 39.7 Å². The van der Waals surface area contributed by atoms with Gasteiger partial charge < -0.3 is 5.73 Å². The summed E-state index contributed by atoms with van der Waals surface area (Å²) in [5.74, 6) is 1.07. The minimum Gasteiger partial charge on any atom is -0.379 e. The number of hydrogen-bond donors (Lipinski definition) is 1. The van der Waals surface area contributed by atoms with E-state index in [1.807, 2.05) is 6.92 Å². The van der Waals surface area contributed by atoms with E-state index in [9.17, 15) is 4.79 Å². The van der Waals surface area contributed by atoms with Gasteiger partial charge in [0.05, 0.1) is 5.41 Å². The van der Waals surface area contributed by atoms with Gasteiger partial charge >= 0.3 is 0 Å². The highest BCUT2D eigenvalue weighted by molar-refractivity contribution is 8.93. The molecule has 0 heterocycles. The third kappa shape index (κ3) is 3.85. The van der Waals surface area contributed by atoms with Crippen LogP contribution in [0.4, 0.5) is 0 Å². The Morgan fingerprint density at radius 3 is 2.45 bits per heavy atom. The summed E-state index contributed by atoms with van der Waals surface area (Å²) in [6.07, 6.45) is 1.87. The highest BCUT2D eigenvalue weighted by Crippen LogP contribution is 2.49. The highest BCUT2D eigenvalue weighted by atomic mass is 79.9. The largest absolute Gasteiger partial charge is 0.379 e. The lowest BCUT2D eigenvalue weighted by atomic mass is 9.91. The Morgan fingerprint density at radius 2 is 1.95 bits per heavy atom. The number of rotatable bonds is 5. The Balaban J connectivity index is 0.00000200. The van der Waals surface area contributed by atoms with Gasteiger partial charge in [-0.25, -0.2) is 0 Å². The van der Waals surface area contributed by atoms with Crippen LogP contribution in [-0.2, 0) is 10.2 Å². The molecule has 1 saturated carbocycles. The van der Waals surface area contributed by atoms with Crippen molar-refractivity contribution in [1.29, 1.82) is 0 Å². The number of thioether (sulfide) groups is 1. The van der Waals surface area contributed by atoms with Crippen molar-refractivity contribution in [2.24, 2.45) is 10.7 Å². The van der Waals surface area contributed by atoms with Gasteiger partial charge in [-0.2, -0.15) is 0 Å². The van der Waals surface area contributed by atoms with Gasteiger partial charge in [0.2, 0.25) is 0 Å². The molecule has 1 aromatic rings. The Kier molecular flexibility index (Phi) is 6.27. The molecule has 1 fully saturated rings. The van der Waals surface area contributed by atoms with Crippen LogP contribution >= 0.6 is 28.7 Å². The summed E-state index contributed by atoms with van der Waals surface area (Å²) in [7, 11) is 0. The van der Waals surface area contributed by atoms with E-state index in [0.717, 1.165) is 24.2 Å². The lowest BCUT2D eigenvalue weighted by Gasteiger charge is -2.13. The van der Waals surface area contributed by atoms with Gasteiger partial charge in [-0.1, -0.05) is 48.5 Å². The van der Waals surface area contributed by atoms with Crippen LogP contribution in [0, 0.1) is 6.92 Å². The normalized spacial score (nSPS) is 16.4. The van der Waals surface area contributed by atoms with Crippen molar-refractivity contribution in [2.75, 3.05) is 12.3 Å². The molecular formula is C15H21BrN2OS. The van der Waals surface area contributed by atoms with E-state index in [1.54, 1.807) is 0 Å². The van der Waals surface area contributed by atoms with Crippen molar-refractivity contribution in [3.63, 3.8) is 0 Å². The summed E-state index contributed by atoms with van der Waals surface area (Å²) in [6, 6.07) is 8.25. The minimum atomic E-state index is -0.283. The van der Waals surface area contributed by atoms with E-state index in [-0.39, 0.29) is 34.7 Å². The molecule has 1 aliphatic carbocycles. The number of amidine groups is 1. The fraction of sp³-hybridized carbons (Fsp3) is 0.467. The number of nitrogens with two attached hydrogens (primary N) is 1. The quantitative estimate of drug-likeness (QED) is 0.650. The van der Waals surface area contributed by atoms with E-state index < -0.39 is 0 Å². The molecule has 0 aromatic heterocycles. The molecule has 0 spiro atoms. The average molecular weight is 357 g/mol. The monoisotopic (exact) mass is 356 g/mol. The molecule has 1 aromatic carbocycles. The van der Waals surface area contributed by atoms with Crippen LogP contribution in [0.2, 0.25) is 0 Å². The molecule has 1 aliphatic rings. The van der Waals surface area contributed by atoms with E-state index >= 15 is 0 Å². The van der Waals surface area contributed by atoms with Gasteiger partial charge in [0.15, 0.2) is 11.0 Å². The van der Waals surface area contributed by atoms with Crippen LogP contribution in [0.3, 0.4) is 0 Å². The highest BCUT2D eigenvalue weighted by Gasteiger charge is 2.50. The zero-order valence-corrected chi connectivity index (χ0v) is 14.4. The molecule has 5 heteroatoms. The number of aliphatic imine (C=N–C) groups is 1. The van der Waals surface area contributed by atoms with Crippen LogP contribution in [-0.4, -0.2) is 23.2 Å². The fourth-order valence-electron chi connectivity index (χ4n) is 2.22. The van der Waals surface area contributed by atoms with Crippen molar-refractivity contribution in [3.8, 4) is 0 Å². The summed E-state index contributed by atoms with van der Waals surface area (Å²) >= 11 is 1.48. The van der Waals surface area contributed by atoms with E-state index in [4.69, 9.17) is 5.73 Å². The lowest BCUT2D eigenvalue weighted by Crippen LogP contribution is -2.24. The summed E-state index contributed by atoms with van der Waals surface area (Å²) in [6.45, 7) is 4.27. The first-order chi connectivity index (χ1) is 9.08. The molecule has 20 heavy (non-hydrogen) atoms. The summed E-state index contributed by atoms with van der Waals surface area (Å²) in [4.78, 5) is 16.5. The molecule has 0 aliphatic heterocycles. The van der Waals surface area contributed by atoms with Crippen LogP contribution in [0.25, 0.3) is 0 Å². The summed E-state index contributed by atoms with van der Waals surface area (Å²) in [5.41, 5.74) is 7.77. The number of nitrogens with zero attached hydrogens (tertiary/aromatic N) is 1. The first kappa shape index (κ1) is 17.2. The third-order valence-corrected chi connectivity index (χ3v) is 4.27. The van der Waals surface area contributed by atoms with Gasteiger partial charge in [0.1, 0.15) is 6.54 Å². The van der Waals surface area contributed by atoms with Crippen molar-refractivity contribution < 1.29 is 4.79 Å². The molecule has 0 unspecified atom stereocenters. The number of aryl methyl sites for hydroxylation is 1. The predicted molar refractivity (Wildman–Crippen MR) is 92.0 cm³/mol. The Bertz CT molecular complexity index is 495. The van der Waals surface area contributed by atoms with Crippen LogP contribution < -0.4 is 5.73 Å². The molecule has 0 bridgehead atoms. The fourth-order valence-corrected chi connectivity index (χ4v) is 2.67. The van der Waals surface area contributed by atoms with Crippen LogP contribution in [0.5, 0.6) is 0 Å². The van der Waals surface area contributed by atoms with Gasteiger partial charge in [-0.05, 0) is 31.1 Å². The van der Waals surface area contributed by atoms with Gasteiger partial charge in [-0.3, -0.25) is 9.79 Å². The van der Waals surface area contributed by atoms with Crippen LogP contribution in [0.15, 0.2) is 29.3 Å². The molecule has 0 saturated heterocycles. The molecular weight excluding hydrogens is 336 g/mol. The zero-order chi connectivity index (χ0) is 13.9. The number of Topliss-reactive ketones (excluding diaryl/α,β-unsaturated/α-hetero) is 1. The first-order valence-electron chi connectivity index (χ1n) is 6.61. The topological polar surface area (TPSA) is 55.4 Å². The second kappa shape index (κ2) is 7.27. The maximum absolute atomic E-state index is 12.3. The van der Waals surface area contributed by atoms with Crippen LogP contribution in [0.1, 0.15) is 30.9 Å². The predicted octanol–water partition coefficient (Wildman–Crippen LogP) is 3.24. The van der Waals surface area contributed by atoms with Gasteiger partial charge in [-0.15, -0.1) is 17.0 Å². The maximum Gasteiger partial charge on any atom is 0.164 e. The lowest BCUT2D eigenvalue weighted by molar-refractivity contribution is -0.120. The molecule has 2 N–H and O–H groups in total. The first-order valence-corrected chi connectivity index (χ1v) is 7.60. The Labute approximate surface area is 135 Å². The van der Waals surface area contributed by atoms with E-state index in [0.29, 0.717) is 5.17 Å². The number of ketones is 1. The third-order valence-electron chi connectivity index (χ3n) is 3.56.